The second-order valence-corrected chi connectivity index (χ2v) is 8.05. The van der Waals surface area contributed by atoms with E-state index >= 15 is 0 Å². The first-order valence-corrected chi connectivity index (χ1v) is 10.2. The molecule has 0 aliphatic carbocycles. The molecule has 0 spiro atoms. The highest BCUT2D eigenvalue weighted by Crippen LogP contribution is 2.39. The molecule has 4 aromatic rings. The van der Waals surface area contributed by atoms with Gasteiger partial charge >= 0.3 is 0 Å². The molecule has 1 aliphatic heterocycles. The van der Waals surface area contributed by atoms with E-state index in [9.17, 15) is 14.0 Å². The maximum atomic E-state index is 13.6. The van der Waals surface area contributed by atoms with Gasteiger partial charge < -0.3 is 9.32 Å². The van der Waals surface area contributed by atoms with Gasteiger partial charge in [-0.1, -0.05) is 54.1 Å². The van der Waals surface area contributed by atoms with Crippen LogP contribution in [0.25, 0.3) is 11.0 Å². The van der Waals surface area contributed by atoms with Crippen LogP contribution in [-0.2, 0) is 6.54 Å². The summed E-state index contributed by atoms with van der Waals surface area (Å²) in [6, 6.07) is 17.9. The minimum absolute atomic E-state index is 0.0180. The SMILES string of the molecule is Cc1cc2oc3c(c(=O)c2cc1Cl)C(c1ccc(F)cc1)N(Cc1ccccc1)C3=O. The first-order valence-electron chi connectivity index (χ1n) is 9.81. The van der Waals surface area contributed by atoms with Crippen molar-refractivity contribution in [1.29, 1.82) is 0 Å². The number of fused-ring (bicyclic) bond motifs is 2. The fourth-order valence-corrected chi connectivity index (χ4v) is 4.24. The van der Waals surface area contributed by atoms with Crippen molar-refractivity contribution in [3.05, 3.63) is 116 Å². The van der Waals surface area contributed by atoms with Gasteiger partial charge in [-0.15, -0.1) is 0 Å². The maximum Gasteiger partial charge on any atom is 0.291 e. The first-order chi connectivity index (χ1) is 14.9. The molecule has 3 aromatic carbocycles. The molecular weight excluding hydrogens is 417 g/mol. The minimum atomic E-state index is -0.691. The summed E-state index contributed by atoms with van der Waals surface area (Å²) in [6.45, 7) is 2.08. The molecule has 1 amide bonds. The van der Waals surface area contributed by atoms with Crippen LogP contribution in [0.2, 0.25) is 5.02 Å². The van der Waals surface area contributed by atoms with Gasteiger partial charge in [-0.3, -0.25) is 9.59 Å². The average Bonchev–Trinajstić information content (AvgIpc) is 3.03. The quantitative estimate of drug-likeness (QED) is 0.420. The number of hydrogen-bond donors (Lipinski definition) is 0. The summed E-state index contributed by atoms with van der Waals surface area (Å²) in [7, 11) is 0. The molecule has 1 aromatic heterocycles. The summed E-state index contributed by atoms with van der Waals surface area (Å²) in [6.07, 6.45) is 0. The summed E-state index contributed by atoms with van der Waals surface area (Å²) in [5, 5.41) is 0.763. The number of aryl methyl sites for hydroxylation is 1. The van der Waals surface area contributed by atoms with Crippen molar-refractivity contribution in [3.8, 4) is 0 Å². The number of hydrogen-bond acceptors (Lipinski definition) is 3. The Bertz CT molecular complexity index is 1380. The van der Waals surface area contributed by atoms with Crippen LogP contribution < -0.4 is 5.43 Å². The number of carbonyl (C=O) groups is 1. The second kappa shape index (κ2) is 7.36. The van der Waals surface area contributed by atoms with E-state index in [4.69, 9.17) is 16.0 Å². The zero-order chi connectivity index (χ0) is 21.7. The summed E-state index contributed by atoms with van der Waals surface area (Å²) in [5.74, 6) is -0.750. The summed E-state index contributed by atoms with van der Waals surface area (Å²) in [4.78, 5) is 28.5. The average molecular weight is 434 g/mol. The summed E-state index contributed by atoms with van der Waals surface area (Å²) < 4.78 is 19.5. The van der Waals surface area contributed by atoms with E-state index in [1.165, 1.54) is 12.1 Å². The van der Waals surface area contributed by atoms with E-state index in [1.54, 1.807) is 36.1 Å². The Morgan fingerprint density at radius 3 is 2.45 bits per heavy atom. The fourth-order valence-electron chi connectivity index (χ4n) is 4.08. The van der Waals surface area contributed by atoms with Crippen LogP contribution in [0.4, 0.5) is 4.39 Å². The second-order valence-electron chi connectivity index (χ2n) is 7.64. The molecule has 0 radical (unpaired) electrons. The van der Waals surface area contributed by atoms with Crippen LogP contribution in [0.15, 0.2) is 75.9 Å². The first kappa shape index (κ1) is 19.5. The highest BCUT2D eigenvalue weighted by molar-refractivity contribution is 6.32. The van der Waals surface area contributed by atoms with Crippen LogP contribution in [0.5, 0.6) is 0 Å². The molecule has 4 nitrogen and oxygen atoms in total. The number of carbonyl (C=O) groups excluding carboxylic acids is 1. The van der Waals surface area contributed by atoms with Crippen LogP contribution in [-0.4, -0.2) is 10.8 Å². The Morgan fingerprint density at radius 1 is 1.03 bits per heavy atom. The highest BCUT2D eigenvalue weighted by atomic mass is 35.5. The van der Waals surface area contributed by atoms with Gasteiger partial charge in [0, 0.05) is 11.6 Å². The van der Waals surface area contributed by atoms with Gasteiger partial charge in [0.25, 0.3) is 5.91 Å². The van der Waals surface area contributed by atoms with Gasteiger partial charge in [0.15, 0.2) is 5.43 Å². The van der Waals surface area contributed by atoms with Crippen molar-refractivity contribution in [2.24, 2.45) is 0 Å². The number of halogens is 2. The lowest BCUT2D eigenvalue weighted by Crippen LogP contribution is -2.29. The fraction of sp³-hybridized carbons (Fsp3) is 0.120. The molecular formula is C25H17ClFNO3. The number of amides is 1. The summed E-state index contributed by atoms with van der Waals surface area (Å²) >= 11 is 6.25. The predicted molar refractivity (Wildman–Crippen MR) is 117 cm³/mol. The molecule has 1 unspecified atom stereocenters. The minimum Gasteiger partial charge on any atom is -0.450 e. The molecule has 0 saturated heterocycles. The Morgan fingerprint density at radius 2 is 1.74 bits per heavy atom. The Kier molecular flexibility index (Phi) is 4.63. The highest BCUT2D eigenvalue weighted by Gasteiger charge is 2.42. The number of nitrogens with zero attached hydrogens (tertiary/aromatic N) is 1. The maximum absolute atomic E-state index is 13.6. The molecule has 2 heterocycles. The molecule has 31 heavy (non-hydrogen) atoms. The van der Waals surface area contributed by atoms with Crippen LogP contribution in [0, 0.1) is 12.7 Å². The zero-order valence-electron chi connectivity index (χ0n) is 16.6. The molecule has 0 bridgehead atoms. The smallest absolute Gasteiger partial charge is 0.291 e. The number of rotatable bonds is 3. The molecule has 6 heteroatoms. The Labute approximate surface area is 182 Å². The van der Waals surface area contributed by atoms with E-state index in [1.807, 2.05) is 30.3 Å². The van der Waals surface area contributed by atoms with Crippen LogP contribution in [0.1, 0.15) is 38.9 Å². The van der Waals surface area contributed by atoms with Gasteiger partial charge in [0.1, 0.15) is 11.4 Å². The van der Waals surface area contributed by atoms with Crippen LogP contribution in [0.3, 0.4) is 0 Å². The molecule has 0 N–H and O–H groups in total. The van der Waals surface area contributed by atoms with Gasteiger partial charge in [-0.05, 0) is 47.9 Å². The van der Waals surface area contributed by atoms with E-state index in [0.717, 1.165) is 11.1 Å². The topological polar surface area (TPSA) is 50.5 Å². The molecule has 5 rings (SSSR count). The Hall–Kier alpha value is -3.44. The normalized spacial score (nSPS) is 15.5. The third kappa shape index (κ3) is 3.22. The summed E-state index contributed by atoms with van der Waals surface area (Å²) in [5.41, 5.74) is 2.55. The standard InChI is InChI=1S/C25H17ClFNO3/c1-14-11-20-18(12-19(14)26)23(29)21-22(16-7-9-17(27)10-8-16)28(25(30)24(21)31-20)13-15-5-3-2-4-6-15/h2-12,22H,13H2,1H3. The van der Waals surface area contributed by atoms with Gasteiger partial charge in [0.05, 0.1) is 17.0 Å². The van der Waals surface area contributed by atoms with Crippen molar-refractivity contribution in [1.82, 2.24) is 4.90 Å². The van der Waals surface area contributed by atoms with E-state index < -0.39 is 11.9 Å². The lowest BCUT2D eigenvalue weighted by molar-refractivity contribution is 0.0714. The van der Waals surface area contributed by atoms with Crippen molar-refractivity contribution in [2.75, 3.05) is 0 Å². The zero-order valence-corrected chi connectivity index (χ0v) is 17.3. The lowest BCUT2D eigenvalue weighted by atomic mass is 9.98. The van der Waals surface area contributed by atoms with Gasteiger partial charge in [0.2, 0.25) is 5.76 Å². The predicted octanol–water partition coefficient (Wildman–Crippen LogP) is 5.64. The van der Waals surface area contributed by atoms with Crippen LogP contribution >= 0.6 is 11.6 Å². The third-order valence-electron chi connectivity index (χ3n) is 5.63. The van der Waals surface area contributed by atoms with Crippen molar-refractivity contribution < 1.29 is 13.6 Å². The van der Waals surface area contributed by atoms with Gasteiger partial charge in [-0.2, -0.15) is 0 Å². The third-order valence-corrected chi connectivity index (χ3v) is 6.04. The lowest BCUT2D eigenvalue weighted by Gasteiger charge is -2.25. The molecule has 0 saturated carbocycles. The number of benzene rings is 3. The van der Waals surface area contributed by atoms with Crippen molar-refractivity contribution in [2.45, 2.75) is 19.5 Å². The molecule has 154 valence electrons. The van der Waals surface area contributed by atoms with E-state index in [2.05, 4.69) is 0 Å². The monoisotopic (exact) mass is 433 g/mol. The molecule has 0 fully saturated rings. The van der Waals surface area contributed by atoms with E-state index in [-0.39, 0.29) is 29.2 Å². The van der Waals surface area contributed by atoms with E-state index in [0.29, 0.717) is 21.6 Å². The molecule has 1 aliphatic rings. The van der Waals surface area contributed by atoms with Crippen molar-refractivity contribution >= 4 is 28.5 Å². The Balaban J connectivity index is 1.75. The van der Waals surface area contributed by atoms with Gasteiger partial charge in [-0.25, -0.2) is 4.39 Å². The molecule has 1 atom stereocenters. The van der Waals surface area contributed by atoms with Crippen molar-refractivity contribution in [3.63, 3.8) is 0 Å². The largest absolute Gasteiger partial charge is 0.450 e.